The van der Waals surface area contributed by atoms with Gasteiger partial charge in [0.1, 0.15) is 5.82 Å². The van der Waals surface area contributed by atoms with Gasteiger partial charge in [0.05, 0.1) is 10.6 Å². The fourth-order valence-electron chi connectivity index (χ4n) is 1.93. The lowest BCUT2D eigenvalue weighted by Crippen LogP contribution is -2.30. The first kappa shape index (κ1) is 17.4. The molecule has 23 heavy (non-hydrogen) atoms. The second-order valence-electron chi connectivity index (χ2n) is 4.99. The zero-order valence-electron chi connectivity index (χ0n) is 12.8. The third-order valence-electron chi connectivity index (χ3n) is 3.10. The van der Waals surface area contributed by atoms with E-state index in [0.717, 1.165) is 15.8 Å². The molecule has 0 saturated heterocycles. The van der Waals surface area contributed by atoms with Gasteiger partial charge in [-0.05, 0) is 45.0 Å². The third kappa shape index (κ3) is 4.30. The lowest BCUT2D eigenvalue weighted by atomic mass is 10.2. The zero-order valence-corrected chi connectivity index (χ0v) is 14.3. The molecular formula is C16H15ClFNO3S. The Morgan fingerprint density at radius 2 is 2.00 bits per heavy atom. The number of rotatable bonds is 4. The van der Waals surface area contributed by atoms with E-state index < -0.39 is 23.8 Å². The Bertz CT molecular complexity index is 760. The van der Waals surface area contributed by atoms with E-state index in [1.807, 2.05) is 13.8 Å². The van der Waals surface area contributed by atoms with Gasteiger partial charge in [-0.25, -0.2) is 9.18 Å². The number of ether oxygens (including phenoxy) is 1. The number of carbonyl (C=O) groups is 2. The Morgan fingerprint density at radius 1 is 1.30 bits per heavy atom. The van der Waals surface area contributed by atoms with Crippen LogP contribution in [0.4, 0.5) is 10.1 Å². The summed E-state index contributed by atoms with van der Waals surface area (Å²) in [5, 5.41) is 2.42. The number of nitrogens with one attached hydrogen (secondary N) is 1. The molecule has 1 aromatic heterocycles. The minimum absolute atomic E-state index is 0.100. The number of thiophene rings is 1. The van der Waals surface area contributed by atoms with Crippen molar-refractivity contribution in [3.8, 4) is 0 Å². The predicted octanol–water partition coefficient (Wildman–Crippen LogP) is 4.34. The van der Waals surface area contributed by atoms with Crippen molar-refractivity contribution < 1.29 is 18.7 Å². The highest BCUT2D eigenvalue weighted by atomic mass is 35.5. The maximum atomic E-state index is 13.1. The summed E-state index contributed by atoms with van der Waals surface area (Å²) in [5.74, 6) is -1.65. The van der Waals surface area contributed by atoms with Gasteiger partial charge in [-0.1, -0.05) is 11.6 Å². The van der Waals surface area contributed by atoms with Crippen LogP contribution in [-0.4, -0.2) is 18.0 Å². The summed E-state index contributed by atoms with van der Waals surface area (Å²) < 4.78 is 18.2. The van der Waals surface area contributed by atoms with Crippen molar-refractivity contribution in [3.05, 3.63) is 50.4 Å². The first-order valence-corrected chi connectivity index (χ1v) is 8.01. The first-order valence-electron chi connectivity index (χ1n) is 6.82. The molecule has 1 aromatic carbocycles. The molecule has 4 nitrogen and oxygen atoms in total. The van der Waals surface area contributed by atoms with E-state index in [0.29, 0.717) is 11.3 Å². The second-order valence-corrected chi connectivity index (χ2v) is 6.86. The van der Waals surface area contributed by atoms with Crippen molar-refractivity contribution in [3.63, 3.8) is 0 Å². The van der Waals surface area contributed by atoms with Crippen LogP contribution >= 0.6 is 22.9 Å². The minimum Gasteiger partial charge on any atom is -0.449 e. The molecule has 122 valence electrons. The van der Waals surface area contributed by atoms with Crippen LogP contribution in [0.2, 0.25) is 5.02 Å². The van der Waals surface area contributed by atoms with Crippen LogP contribution in [0.15, 0.2) is 24.3 Å². The Hall–Kier alpha value is -1.92. The van der Waals surface area contributed by atoms with Crippen molar-refractivity contribution >= 4 is 40.5 Å². The van der Waals surface area contributed by atoms with E-state index in [2.05, 4.69) is 5.32 Å². The van der Waals surface area contributed by atoms with Gasteiger partial charge in [0.2, 0.25) is 0 Å². The Kier molecular flexibility index (Phi) is 5.38. The summed E-state index contributed by atoms with van der Waals surface area (Å²) in [6.07, 6.45) is -0.995. The van der Waals surface area contributed by atoms with Crippen molar-refractivity contribution in [2.75, 3.05) is 5.32 Å². The van der Waals surface area contributed by atoms with Gasteiger partial charge < -0.3 is 10.1 Å². The molecule has 0 saturated carbocycles. The normalized spacial score (nSPS) is 11.9. The standard InChI is InChI=1S/C16H15ClFNO3S/c1-8-6-12(10(3)23-8)16(21)22-9(2)15(20)19-11-4-5-14(18)13(17)7-11/h4-7,9H,1-3H3,(H,19,20)/t9-/m1/s1. The summed E-state index contributed by atoms with van der Waals surface area (Å²) in [6, 6.07) is 5.54. The Labute approximate surface area is 142 Å². The molecule has 0 aliphatic heterocycles. The van der Waals surface area contributed by atoms with Crippen molar-refractivity contribution in [1.82, 2.24) is 0 Å². The van der Waals surface area contributed by atoms with Crippen molar-refractivity contribution in [1.29, 1.82) is 0 Å². The van der Waals surface area contributed by atoms with Gasteiger partial charge in [-0.2, -0.15) is 0 Å². The number of hydrogen-bond donors (Lipinski definition) is 1. The lowest BCUT2D eigenvalue weighted by Gasteiger charge is -2.13. The lowest BCUT2D eigenvalue weighted by molar-refractivity contribution is -0.123. The predicted molar refractivity (Wildman–Crippen MR) is 88.7 cm³/mol. The fourth-order valence-corrected chi connectivity index (χ4v) is 3.02. The minimum atomic E-state index is -0.995. The van der Waals surface area contributed by atoms with Crippen LogP contribution in [0.25, 0.3) is 0 Å². The number of amides is 1. The van der Waals surface area contributed by atoms with Crippen molar-refractivity contribution in [2.45, 2.75) is 26.9 Å². The summed E-state index contributed by atoms with van der Waals surface area (Å²) in [4.78, 5) is 26.0. The van der Waals surface area contributed by atoms with Gasteiger partial charge in [0, 0.05) is 15.4 Å². The van der Waals surface area contributed by atoms with E-state index in [-0.39, 0.29) is 5.02 Å². The first-order chi connectivity index (χ1) is 10.8. The molecule has 1 amide bonds. The molecule has 1 atom stereocenters. The quantitative estimate of drug-likeness (QED) is 0.830. The zero-order chi connectivity index (χ0) is 17.1. The molecule has 0 spiro atoms. The molecule has 0 unspecified atom stereocenters. The topological polar surface area (TPSA) is 55.4 Å². The van der Waals surface area contributed by atoms with Crippen LogP contribution in [0, 0.1) is 19.7 Å². The summed E-state index contributed by atoms with van der Waals surface area (Å²) in [7, 11) is 0. The number of anilines is 1. The Morgan fingerprint density at radius 3 is 2.57 bits per heavy atom. The maximum Gasteiger partial charge on any atom is 0.340 e. The second kappa shape index (κ2) is 7.10. The largest absolute Gasteiger partial charge is 0.449 e. The highest BCUT2D eigenvalue weighted by Gasteiger charge is 2.21. The Balaban J connectivity index is 2.00. The molecule has 1 N–H and O–H groups in total. The summed E-state index contributed by atoms with van der Waals surface area (Å²) in [5.41, 5.74) is 0.781. The molecule has 0 bridgehead atoms. The van der Waals surface area contributed by atoms with Gasteiger partial charge >= 0.3 is 5.97 Å². The van der Waals surface area contributed by atoms with Gasteiger partial charge in [-0.15, -0.1) is 11.3 Å². The van der Waals surface area contributed by atoms with Crippen LogP contribution in [0.3, 0.4) is 0 Å². The highest BCUT2D eigenvalue weighted by molar-refractivity contribution is 7.12. The monoisotopic (exact) mass is 355 g/mol. The van der Waals surface area contributed by atoms with Crippen LogP contribution < -0.4 is 5.32 Å². The average Bonchev–Trinajstić information content (AvgIpc) is 2.81. The molecule has 2 rings (SSSR count). The van der Waals surface area contributed by atoms with Crippen LogP contribution in [0.1, 0.15) is 27.0 Å². The number of benzene rings is 1. The molecule has 1 heterocycles. The third-order valence-corrected chi connectivity index (χ3v) is 4.36. The molecule has 7 heteroatoms. The molecule has 0 aliphatic carbocycles. The van der Waals surface area contributed by atoms with Gasteiger partial charge in [0.25, 0.3) is 5.91 Å². The van der Waals surface area contributed by atoms with E-state index in [9.17, 15) is 14.0 Å². The van der Waals surface area contributed by atoms with E-state index in [1.54, 1.807) is 6.07 Å². The maximum absolute atomic E-state index is 13.1. The van der Waals surface area contributed by atoms with Crippen LogP contribution in [0.5, 0.6) is 0 Å². The molecular weight excluding hydrogens is 341 g/mol. The van der Waals surface area contributed by atoms with Gasteiger partial charge in [-0.3, -0.25) is 4.79 Å². The van der Waals surface area contributed by atoms with E-state index >= 15 is 0 Å². The van der Waals surface area contributed by atoms with Crippen LogP contribution in [-0.2, 0) is 9.53 Å². The summed E-state index contributed by atoms with van der Waals surface area (Å²) >= 11 is 7.14. The molecule has 0 fully saturated rings. The number of esters is 1. The average molecular weight is 356 g/mol. The van der Waals surface area contributed by atoms with Crippen molar-refractivity contribution in [2.24, 2.45) is 0 Å². The number of aryl methyl sites for hydroxylation is 2. The highest BCUT2D eigenvalue weighted by Crippen LogP contribution is 2.22. The summed E-state index contributed by atoms with van der Waals surface area (Å²) in [6.45, 7) is 5.18. The number of carbonyl (C=O) groups excluding carboxylic acids is 2. The molecule has 0 aliphatic rings. The fraction of sp³-hybridized carbons (Fsp3) is 0.250. The smallest absolute Gasteiger partial charge is 0.340 e. The molecule has 2 aromatic rings. The van der Waals surface area contributed by atoms with E-state index in [1.165, 1.54) is 30.4 Å². The number of halogens is 2. The van der Waals surface area contributed by atoms with Gasteiger partial charge in [0.15, 0.2) is 6.10 Å². The SMILES string of the molecule is Cc1cc(C(=O)O[C@H](C)C(=O)Nc2ccc(F)c(Cl)c2)c(C)s1. The van der Waals surface area contributed by atoms with E-state index in [4.69, 9.17) is 16.3 Å². The number of hydrogen-bond acceptors (Lipinski definition) is 4. The molecule has 0 radical (unpaired) electrons.